The van der Waals surface area contributed by atoms with Crippen LogP contribution in [0.5, 0.6) is 11.6 Å². The Labute approximate surface area is 220 Å². The number of benzene rings is 2. The average Bonchev–Trinajstić information content (AvgIpc) is 3.32. The lowest BCUT2D eigenvalue weighted by atomic mass is 10.1. The molecule has 0 amide bonds. The van der Waals surface area contributed by atoms with Crippen molar-refractivity contribution in [3.05, 3.63) is 88.9 Å². The highest BCUT2D eigenvalue weighted by Gasteiger charge is 2.10. The average molecular weight is 531 g/mol. The monoisotopic (exact) mass is 530 g/mol. The smallest absolute Gasteiger partial charge is 0.238 e. The number of ether oxygens (including phenoxy) is 1. The maximum atomic E-state index is 11.4. The van der Waals surface area contributed by atoms with Crippen molar-refractivity contribution in [3.8, 4) is 17.7 Å². The summed E-state index contributed by atoms with van der Waals surface area (Å²) < 4.78 is 30.5. The van der Waals surface area contributed by atoms with Gasteiger partial charge < -0.3 is 10.1 Å². The minimum absolute atomic E-state index is 0.0657. The van der Waals surface area contributed by atoms with Gasteiger partial charge in [0.05, 0.1) is 23.2 Å². The second-order valence-corrected chi connectivity index (χ2v) is 10.1. The van der Waals surface area contributed by atoms with Gasteiger partial charge in [-0.25, -0.2) is 23.2 Å². The Bertz CT molecular complexity index is 1580. The van der Waals surface area contributed by atoms with Crippen molar-refractivity contribution >= 4 is 22.0 Å². The van der Waals surface area contributed by atoms with E-state index >= 15 is 0 Å². The molecule has 2 aromatic heterocycles. The Kier molecular flexibility index (Phi) is 8.10. The lowest BCUT2D eigenvalue weighted by molar-refractivity contribution is 0.455. The Morgan fingerprint density at radius 3 is 2.58 bits per heavy atom. The maximum absolute atomic E-state index is 11.4. The van der Waals surface area contributed by atoms with E-state index in [1.54, 1.807) is 35.2 Å². The first-order valence-electron chi connectivity index (χ1n) is 11.6. The van der Waals surface area contributed by atoms with E-state index in [2.05, 4.69) is 25.6 Å². The van der Waals surface area contributed by atoms with Crippen LogP contribution in [-0.4, -0.2) is 39.9 Å². The predicted molar refractivity (Wildman–Crippen MR) is 142 cm³/mol. The SMILES string of the molecule is Cc1cc(/C=C/C#N)cc(C)c1Oc1ccnc(NCCc2cn(Cc3ccc(S(N)(=O)=O)cc3)nn2)n1. The van der Waals surface area contributed by atoms with Crippen molar-refractivity contribution < 1.29 is 13.2 Å². The molecule has 12 heteroatoms. The number of aromatic nitrogens is 5. The predicted octanol–water partition coefficient (Wildman–Crippen LogP) is 3.36. The van der Waals surface area contributed by atoms with Crippen LogP contribution in [0.4, 0.5) is 5.95 Å². The highest BCUT2D eigenvalue weighted by Crippen LogP contribution is 2.29. The van der Waals surface area contributed by atoms with E-state index in [1.807, 2.05) is 38.2 Å². The zero-order valence-electron chi connectivity index (χ0n) is 20.9. The Hall–Kier alpha value is -4.60. The number of aryl methyl sites for hydroxylation is 2. The third-order valence-corrected chi connectivity index (χ3v) is 6.45. The van der Waals surface area contributed by atoms with Gasteiger partial charge in [-0.15, -0.1) is 5.10 Å². The molecule has 0 atom stereocenters. The summed E-state index contributed by atoms with van der Waals surface area (Å²) in [6, 6.07) is 13.9. The molecule has 4 aromatic rings. The number of rotatable bonds is 10. The van der Waals surface area contributed by atoms with Gasteiger partial charge in [-0.2, -0.15) is 10.2 Å². The van der Waals surface area contributed by atoms with Gasteiger partial charge in [0.15, 0.2) is 0 Å². The number of hydrogen-bond acceptors (Lipinski definition) is 9. The lowest BCUT2D eigenvalue weighted by Crippen LogP contribution is -2.12. The van der Waals surface area contributed by atoms with E-state index in [1.165, 1.54) is 18.2 Å². The molecule has 0 aliphatic carbocycles. The number of nitrogens with two attached hydrogens (primary N) is 1. The zero-order chi connectivity index (χ0) is 27.1. The fourth-order valence-corrected chi connectivity index (χ4v) is 4.28. The summed E-state index contributed by atoms with van der Waals surface area (Å²) >= 11 is 0. The van der Waals surface area contributed by atoms with Crippen LogP contribution in [0.25, 0.3) is 6.08 Å². The first-order chi connectivity index (χ1) is 18.2. The fourth-order valence-electron chi connectivity index (χ4n) is 3.77. The summed E-state index contributed by atoms with van der Waals surface area (Å²) in [6.45, 7) is 4.86. The van der Waals surface area contributed by atoms with Gasteiger partial charge in [0, 0.05) is 37.5 Å². The van der Waals surface area contributed by atoms with E-state index in [9.17, 15) is 8.42 Å². The molecule has 0 fully saturated rings. The highest BCUT2D eigenvalue weighted by atomic mass is 32.2. The molecule has 38 heavy (non-hydrogen) atoms. The highest BCUT2D eigenvalue weighted by molar-refractivity contribution is 7.89. The molecule has 11 nitrogen and oxygen atoms in total. The van der Waals surface area contributed by atoms with Crippen molar-refractivity contribution in [1.29, 1.82) is 5.26 Å². The molecular weight excluding hydrogens is 504 g/mol. The van der Waals surface area contributed by atoms with Crippen LogP contribution in [0.2, 0.25) is 0 Å². The number of nitriles is 1. The molecule has 0 bridgehead atoms. The van der Waals surface area contributed by atoms with Crippen molar-refractivity contribution in [1.82, 2.24) is 25.0 Å². The summed E-state index contributed by atoms with van der Waals surface area (Å²) in [7, 11) is -3.72. The molecule has 0 unspecified atom stereocenters. The number of anilines is 1. The number of sulfonamides is 1. The Balaban J connectivity index is 1.32. The summed E-state index contributed by atoms with van der Waals surface area (Å²) in [5.41, 5.74) is 4.44. The van der Waals surface area contributed by atoms with Crippen LogP contribution in [0.3, 0.4) is 0 Å². The molecule has 0 aliphatic heterocycles. The molecule has 2 aromatic carbocycles. The molecule has 0 aliphatic rings. The maximum Gasteiger partial charge on any atom is 0.238 e. The second kappa shape index (κ2) is 11.6. The topological polar surface area (TPSA) is 162 Å². The quantitative estimate of drug-likeness (QED) is 0.293. The van der Waals surface area contributed by atoms with E-state index < -0.39 is 10.0 Å². The zero-order valence-corrected chi connectivity index (χ0v) is 21.7. The number of hydrogen-bond donors (Lipinski definition) is 2. The summed E-state index contributed by atoms with van der Waals surface area (Å²) in [5.74, 6) is 1.54. The molecule has 3 N–H and O–H groups in total. The summed E-state index contributed by atoms with van der Waals surface area (Å²) in [4.78, 5) is 8.77. The third-order valence-electron chi connectivity index (χ3n) is 5.52. The molecule has 194 valence electrons. The van der Waals surface area contributed by atoms with E-state index in [4.69, 9.17) is 15.1 Å². The van der Waals surface area contributed by atoms with Gasteiger partial charge in [0.2, 0.25) is 21.9 Å². The van der Waals surface area contributed by atoms with Crippen LogP contribution in [0.1, 0.15) is 27.9 Å². The first-order valence-corrected chi connectivity index (χ1v) is 13.2. The van der Waals surface area contributed by atoms with Crippen LogP contribution < -0.4 is 15.2 Å². The molecule has 0 saturated carbocycles. The first kappa shape index (κ1) is 26.5. The van der Waals surface area contributed by atoms with Crippen molar-refractivity contribution in [2.45, 2.75) is 31.7 Å². The van der Waals surface area contributed by atoms with Crippen molar-refractivity contribution in [3.63, 3.8) is 0 Å². The van der Waals surface area contributed by atoms with Crippen LogP contribution in [-0.2, 0) is 23.0 Å². The summed E-state index contributed by atoms with van der Waals surface area (Å²) in [6.07, 6.45) is 7.24. The standard InChI is InChI=1S/C26H26N8O3S/c1-18-14-21(4-3-11-27)15-19(2)25(18)37-24-10-13-30-26(31-24)29-12-9-22-17-34(33-32-22)16-20-5-7-23(8-6-20)38(28,35)36/h3-8,10,13-15,17H,9,12,16H2,1-2H3,(H2,28,35,36)(H,29,30,31)/b4-3+. The van der Waals surface area contributed by atoms with Gasteiger partial charge in [-0.1, -0.05) is 17.3 Å². The largest absolute Gasteiger partial charge is 0.438 e. The fraction of sp³-hybridized carbons (Fsp3) is 0.192. The minimum atomic E-state index is -3.72. The number of nitrogens with zero attached hydrogens (tertiary/aromatic N) is 6. The van der Waals surface area contributed by atoms with E-state index in [-0.39, 0.29) is 4.90 Å². The second-order valence-electron chi connectivity index (χ2n) is 8.54. The number of primary sulfonamides is 1. The van der Waals surface area contributed by atoms with Gasteiger partial charge in [-0.3, -0.25) is 0 Å². The van der Waals surface area contributed by atoms with Crippen molar-refractivity contribution in [2.24, 2.45) is 5.14 Å². The normalized spacial score (nSPS) is 11.4. The molecule has 0 radical (unpaired) electrons. The van der Waals surface area contributed by atoms with E-state index in [0.717, 1.165) is 27.9 Å². The molecule has 0 spiro atoms. The Morgan fingerprint density at radius 2 is 1.89 bits per heavy atom. The van der Waals surface area contributed by atoms with Crippen LogP contribution in [0, 0.1) is 25.2 Å². The number of nitrogens with one attached hydrogen (secondary N) is 1. The van der Waals surface area contributed by atoms with Crippen molar-refractivity contribution in [2.75, 3.05) is 11.9 Å². The molecule has 4 rings (SSSR count). The van der Waals surface area contributed by atoms with Crippen LogP contribution >= 0.6 is 0 Å². The van der Waals surface area contributed by atoms with Crippen LogP contribution in [0.15, 0.2) is 65.8 Å². The molecule has 0 saturated heterocycles. The molecule has 2 heterocycles. The van der Waals surface area contributed by atoms with Gasteiger partial charge in [0.25, 0.3) is 0 Å². The van der Waals surface area contributed by atoms with Gasteiger partial charge >= 0.3 is 0 Å². The van der Waals surface area contributed by atoms with Gasteiger partial charge in [-0.05, 0) is 66.4 Å². The lowest BCUT2D eigenvalue weighted by Gasteiger charge is -2.13. The number of allylic oxidation sites excluding steroid dienone is 1. The minimum Gasteiger partial charge on any atom is -0.438 e. The molecular formula is C26H26N8O3S. The summed E-state index contributed by atoms with van der Waals surface area (Å²) in [5, 5.41) is 25.4. The third kappa shape index (κ3) is 7.00. The van der Waals surface area contributed by atoms with Gasteiger partial charge in [0.1, 0.15) is 5.75 Å². The Morgan fingerprint density at radius 1 is 1.16 bits per heavy atom. The van der Waals surface area contributed by atoms with E-state index in [0.29, 0.717) is 37.1 Å².